The molecule has 0 saturated heterocycles. The lowest BCUT2D eigenvalue weighted by molar-refractivity contribution is -0.136. The van der Waals surface area contributed by atoms with E-state index in [2.05, 4.69) is 18.1 Å². The lowest BCUT2D eigenvalue weighted by atomic mass is 9.48. The zero-order valence-electron chi connectivity index (χ0n) is 19.7. The Kier molecular flexibility index (Phi) is 5.49. The molecule has 5 rings (SSSR count). The molecule has 1 unspecified atom stereocenters. The monoisotopic (exact) mass is 439 g/mol. The fraction of sp³-hybridized carbons (Fsp3) is 0.808. The highest BCUT2D eigenvalue weighted by atomic mass is 16.5. The Morgan fingerprint density at radius 1 is 1.25 bits per heavy atom. The van der Waals surface area contributed by atoms with E-state index in [1.54, 1.807) is 10.9 Å². The minimum atomic E-state index is -0.491. The van der Waals surface area contributed by atoms with E-state index in [0.29, 0.717) is 29.2 Å². The van der Waals surface area contributed by atoms with Crippen LogP contribution in [-0.4, -0.2) is 39.5 Å². The van der Waals surface area contributed by atoms with Gasteiger partial charge in [0.25, 0.3) is 0 Å². The number of fused-ring (bicyclic) bond motifs is 5. The minimum absolute atomic E-state index is 0.0158. The molecule has 1 aromatic heterocycles. The van der Waals surface area contributed by atoms with Crippen LogP contribution in [0, 0.1) is 52.3 Å². The van der Waals surface area contributed by atoms with Gasteiger partial charge in [-0.1, -0.05) is 6.92 Å². The number of nitriles is 1. The number of hydrogen-bond acceptors (Lipinski definition) is 5. The Labute approximate surface area is 191 Å². The van der Waals surface area contributed by atoms with Crippen molar-refractivity contribution in [2.24, 2.45) is 40.9 Å². The van der Waals surface area contributed by atoms with Crippen molar-refractivity contribution in [3.05, 3.63) is 18.0 Å². The van der Waals surface area contributed by atoms with E-state index in [1.165, 1.54) is 25.5 Å². The fourth-order valence-electron chi connectivity index (χ4n) is 8.63. The van der Waals surface area contributed by atoms with Gasteiger partial charge in [-0.2, -0.15) is 10.4 Å². The molecule has 4 aliphatic rings. The Hall–Kier alpha value is -1.71. The van der Waals surface area contributed by atoms with Gasteiger partial charge in [0.2, 0.25) is 0 Å². The van der Waals surface area contributed by atoms with Gasteiger partial charge in [-0.15, -0.1) is 0 Å². The van der Waals surface area contributed by atoms with E-state index >= 15 is 0 Å². The summed E-state index contributed by atoms with van der Waals surface area (Å²) in [6.45, 7) is 4.59. The Morgan fingerprint density at radius 2 is 2.03 bits per heavy atom. The summed E-state index contributed by atoms with van der Waals surface area (Å²) in [4.78, 5) is 13.5. The third-order valence-electron chi connectivity index (χ3n) is 9.97. The molecule has 4 saturated carbocycles. The molecule has 0 amide bonds. The van der Waals surface area contributed by atoms with Crippen molar-refractivity contribution in [2.75, 3.05) is 7.11 Å². The number of carbonyl (C=O) groups excluding carboxylic acids is 1. The average molecular weight is 440 g/mol. The van der Waals surface area contributed by atoms with Crippen molar-refractivity contribution < 1.29 is 14.6 Å². The van der Waals surface area contributed by atoms with Crippen molar-refractivity contribution in [3.63, 3.8) is 0 Å². The van der Waals surface area contributed by atoms with Gasteiger partial charge in [-0.05, 0) is 93.3 Å². The first-order valence-electron chi connectivity index (χ1n) is 12.5. The predicted molar refractivity (Wildman–Crippen MR) is 119 cm³/mol. The second-order valence-electron chi connectivity index (χ2n) is 11.7. The number of aromatic nitrogens is 2. The van der Waals surface area contributed by atoms with E-state index in [0.717, 1.165) is 38.0 Å². The van der Waals surface area contributed by atoms with Gasteiger partial charge < -0.3 is 9.84 Å². The highest BCUT2D eigenvalue weighted by Gasteiger charge is 2.62. The largest absolute Gasteiger partial charge is 0.390 e. The topological polar surface area (TPSA) is 88.1 Å². The van der Waals surface area contributed by atoms with E-state index in [1.807, 2.05) is 14.0 Å². The van der Waals surface area contributed by atoms with Crippen LogP contribution in [-0.2, 0) is 16.1 Å². The molecule has 0 radical (unpaired) electrons. The minimum Gasteiger partial charge on any atom is -0.390 e. The van der Waals surface area contributed by atoms with E-state index in [-0.39, 0.29) is 29.8 Å². The van der Waals surface area contributed by atoms with Crippen molar-refractivity contribution in [2.45, 2.75) is 83.5 Å². The number of ether oxygens (including phenoxy) is 1. The summed E-state index contributed by atoms with van der Waals surface area (Å²) >= 11 is 0. The van der Waals surface area contributed by atoms with E-state index < -0.39 is 5.60 Å². The average Bonchev–Trinajstić information content (AvgIpc) is 3.33. The highest BCUT2D eigenvalue weighted by molar-refractivity contribution is 5.82. The quantitative estimate of drug-likeness (QED) is 0.767. The predicted octanol–water partition coefficient (Wildman–Crippen LogP) is 3.97. The number of rotatable bonds is 4. The van der Waals surface area contributed by atoms with Crippen LogP contribution in [0.5, 0.6) is 0 Å². The molecule has 0 bridgehead atoms. The van der Waals surface area contributed by atoms with Crippen molar-refractivity contribution >= 4 is 5.78 Å². The molecule has 4 aliphatic carbocycles. The maximum absolute atomic E-state index is 13.5. The third kappa shape index (κ3) is 3.53. The molecule has 4 fully saturated rings. The van der Waals surface area contributed by atoms with Gasteiger partial charge >= 0.3 is 0 Å². The third-order valence-corrected chi connectivity index (χ3v) is 9.97. The lowest BCUT2D eigenvalue weighted by Gasteiger charge is -2.57. The molecule has 32 heavy (non-hydrogen) atoms. The summed E-state index contributed by atoms with van der Waals surface area (Å²) in [5.74, 6) is 3.34. The highest BCUT2D eigenvalue weighted by Crippen LogP contribution is 2.65. The van der Waals surface area contributed by atoms with Crippen molar-refractivity contribution in [3.8, 4) is 6.07 Å². The first kappa shape index (κ1) is 22.1. The lowest BCUT2D eigenvalue weighted by Crippen LogP contribution is -2.52. The van der Waals surface area contributed by atoms with Crippen LogP contribution < -0.4 is 0 Å². The van der Waals surface area contributed by atoms with Gasteiger partial charge in [0.05, 0.1) is 30.0 Å². The SMILES string of the molecule is COC1C[C@H](C(=O)Cn2cc(C#N)cn2)[C@@]2(C)CC[C@H]3[C@@H](CC[C@@H]4C[C@](C)(O)CC[C@@H]43)[C@H]12. The molecule has 1 aromatic rings. The van der Waals surface area contributed by atoms with Crippen molar-refractivity contribution in [1.29, 1.82) is 5.26 Å². The molecule has 6 heteroatoms. The zero-order valence-corrected chi connectivity index (χ0v) is 19.7. The van der Waals surface area contributed by atoms with Crippen molar-refractivity contribution in [1.82, 2.24) is 9.78 Å². The molecule has 1 heterocycles. The molecule has 1 N–H and O–H groups in total. The van der Waals surface area contributed by atoms with Gasteiger partial charge in [-0.25, -0.2) is 0 Å². The molecule has 0 aromatic carbocycles. The van der Waals surface area contributed by atoms with Crippen LogP contribution in [0.4, 0.5) is 0 Å². The van der Waals surface area contributed by atoms with E-state index in [9.17, 15) is 9.90 Å². The molecule has 6 nitrogen and oxygen atoms in total. The fourth-order valence-corrected chi connectivity index (χ4v) is 8.63. The van der Waals surface area contributed by atoms with E-state index in [4.69, 9.17) is 10.00 Å². The summed E-state index contributed by atoms with van der Waals surface area (Å²) in [6, 6.07) is 2.09. The van der Waals surface area contributed by atoms with Crippen LogP contribution in [0.1, 0.15) is 70.8 Å². The summed E-state index contributed by atoms with van der Waals surface area (Å²) in [5.41, 5.74) is -0.0292. The summed E-state index contributed by atoms with van der Waals surface area (Å²) in [7, 11) is 1.82. The number of hydrogen-bond donors (Lipinski definition) is 1. The molecule has 0 aliphatic heterocycles. The molecule has 0 spiro atoms. The normalized spacial score (nSPS) is 45.4. The number of ketones is 1. The Balaban J connectivity index is 1.37. The molecular weight excluding hydrogens is 402 g/mol. The second-order valence-corrected chi connectivity index (χ2v) is 11.7. The number of nitrogens with zero attached hydrogens (tertiary/aromatic N) is 3. The first-order chi connectivity index (χ1) is 15.3. The molecule has 9 atom stereocenters. The van der Waals surface area contributed by atoms with Gasteiger partial charge in [0.15, 0.2) is 5.78 Å². The number of aliphatic hydroxyl groups is 1. The Morgan fingerprint density at radius 3 is 2.75 bits per heavy atom. The van der Waals surface area contributed by atoms with Gasteiger partial charge in [0.1, 0.15) is 6.07 Å². The molecular formula is C26H37N3O3. The summed E-state index contributed by atoms with van der Waals surface area (Å²) < 4.78 is 7.67. The molecule has 174 valence electrons. The van der Waals surface area contributed by atoms with Gasteiger partial charge in [-0.3, -0.25) is 9.48 Å². The summed E-state index contributed by atoms with van der Waals surface area (Å²) in [6.07, 6.45) is 11.8. The summed E-state index contributed by atoms with van der Waals surface area (Å²) in [5, 5.41) is 23.9. The zero-order chi connectivity index (χ0) is 22.7. The smallest absolute Gasteiger partial charge is 0.157 e. The maximum Gasteiger partial charge on any atom is 0.157 e. The van der Waals surface area contributed by atoms with Crippen LogP contribution >= 0.6 is 0 Å². The number of carbonyl (C=O) groups is 1. The van der Waals surface area contributed by atoms with Crippen LogP contribution in [0.25, 0.3) is 0 Å². The van der Waals surface area contributed by atoms with Crippen LogP contribution in [0.3, 0.4) is 0 Å². The number of methoxy groups -OCH3 is 1. The maximum atomic E-state index is 13.5. The second kappa shape index (κ2) is 7.95. The number of Topliss-reactive ketones (excluding diaryl/α,β-unsaturated/α-hetero) is 1. The standard InChI is InChI=1S/C26H37N3O3/c1-25(31)8-6-18-17(11-25)4-5-20-19(18)7-9-26(2)21(10-23(32-3)24(20)26)22(30)15-29-14-16(12-27)13-28-29/h13-14,17-21,23-24,31H,4-11,15H2,1-3H3/t17-,18+,19-,20-,21-,23?,24-,25-,26-/m1/s1. The Bertz CT molecular complexity index is 918. The van der Waals surface area contributed by atoms with Crippen LogP contribution in [0.15, 0.2) is 12.4 Å². The van der Waals surface area contributed by atoms with Crippen LogP contribution in [0.2, 0.25) is 0 Å². The first-order valence-corrected chi connectivity index (χ1v) is 12.5. The van der Waals surface area contributed by atoms with Gasteiger partial charge in [0, 0.05) is 19.2 Å².